The van der Waals surface area contributed by atoms with Gasteiger partial charge < -0.3 is 20.0 Å². The van der Waals surface area contributed by atoms with E-state index in [0.29, 0.717) is 13.1 Å². The van der Waals surface area contributed by atoms with Gasteiger partial charge >= 0.3 is 12.0 Å². The van der Waals surface area contributed by atoms with Crippen LogP contribution in [0.5, 0.6) is 0 Å². The second-order valence-corrected chi connectivity index (χ2v) is 6.33. The number of aliphatic carboxylic acids is 1. The molecular formula is C13H23N3O4. The van der Waals surface area contributed by atoms with Crippen LogP contribution in [0.25, 0.3) is 0 Å². The number of carbonyl (C=O) groups is 2. The topological polar surface area (TPSA) is 84.3 Å². The Morgan fingerprint density at radius 3 is 2.45 bits per heavy atom. The van der Waals surface area contributed by atoms with Gasteiger partial charge in [-0.3, -0.25) is 4.90 Å². The summed E-state index contributed by atoms with van der Waals surface area (Å²) >= 11 is 0. The number of nitrogens with zero attached hydrogens (tertiary/aromatic N) is 3. The zero-order valence-electron chi connectivity index (χ0n) is 12.2. The first-order valence-corrected chi connectivity index (χ1v) is 6.90. The van der Waals surface area contributed by atoms with E-state index >= 15 is 0 Å². The van der Waals surface area contributed by atoms with Crippen LogP contribution >= 0.6 is 0 Å². The lowest BCUT2D eigenvalue weighted by Gasteiger charge is -2.46. The summed E-state index contributed by atoms with van der Waals surface area (Å²) in [6.45, 7) is 6.11. The predicted octanol–water partition coefficient (Wildman–Crippen LogP) is -0.348. The van der Waals surface area contributed by atoms with Crippen LogP contribution in [0.4, 0.5) is 4.79 Å². The summed E-state index contributed by atoms with van der Waals surface area (Å²) < 4.78 is 0. The van der Waals surface area contributed by atoms with Gasteiger partial charge in [-0.1, -0.05) is 0 Å². The first-order chi connectivity index (χ1) is 9.22. The van der Waals surface area contributed by atoms with Crippen LogP contribution in [0, 0.1) is 0 Å². The fraction of sp³-hybridized carbons (Fsp3) is 0.846. The van der Waals surface area contributed by atoms with Gasteiger partial charge in [0, 0.05) is 38.1 Å². The number of carbonyl (C=O) groups excluding carboxylic acids is 1. The Morgan fingerprint density at radius 1 is 1.25 bits per heavy atom. The number of hydrogen-bond donors (Lipinski definition) is 2. The van der Waals surface area contributed by atoms with Crippen LogP contribution in [0.15, 0.2) is 0 Å². The van der Waals surface area contributed by atoms with E-state index < -0.39 is 18.1 Å². The first-order valence-electron chi connectivity index (χ1n) is 6.90. The fourth-order valence-corrected chi connectivity index (χ4v) is 2.84. The lowest BCUT2D eigenvalue weighted by atomic mass is 10.00. The van der Waals surface area contributed by atoms with Crippen LogP contribution in [-0.2, 0) is 4.79 Å². The largest absolute Gasteiger partial charge is 0.480 e. The number of likely N-dealkylation sites (N-methyl/N-ethyl adjacent to an activating group) is 1. The van der Waals surface area contributed by atoms with Gasteiger partial charge in [0.15, 0.2) is 0 Å². The van der Waals surface area contributed by atoms with Crippen molar-refractivity contribution in [3.8, 4) is 0 Å². The van der Waals surface area contributed by atoms with E-state index in [-0.39, 0.29) is 24.5 Å². The van der Waals surface area contributed by atoms with Crippen LogP contribution in [0.2, 0.25) is 0 Å². The molecule has 2 rings (SSSR count). The summed E-state index contributed by atoms with van der Waals surface area (Å²) in [7, 11) is 2.02. The number of hydrogen-bond acceptors (Lipinski definition) is 4. The minimum absolute atomic E-state index is 0.0998. The molecule has 0 bridgehead atoms. The van der Waals surface area contributed by atoms with Gasteiger partial charge in [0.25, 0.3) is 0 Å². The zero-order valence-corrected chi connectivity index (χ0v) is 12.2. The number of carboxylic acids is 1. The standard InChI is InChI=1S/C13H23N3O4/c1-13(2)8-15(5-4-14(13)3)12(20)16-7-9(17)6-10(16)11(18)19/h9-10,17H,4-8H2,1-3H3,(H,18,19). The van der Waals surface area contributed by atoms with Crippen LogP contribution < -0.4 is 0 Å². The van der Waals surface area contributed by atoms with E-state index in [4.69, 9.17) is 5.11 Å². The summed E-state index contributed by atoms with van der Waals surface area (Å²) in [6, 6.07) is -1.20. The van der Waals surface area contributed by atoms with E-state index in [9.17, 15) is 14.7 Å². The van der Waals surface area contributed by atoms with E-state index in [0.717, 1.165) is 6.54 Å². The van der Waals surface area contributed by atoms with Crippen molar-refractivity contribution in [2.24, 2.45) is 0 Å². The molecule has 2 aliphatic rings. The highest BCUT2D eigenvalue weighted by Crippen LogP contribution is 2.24. The fourth-order valence-electron chi connectivity index (χ4n) is 2.84. The Balaban J connectivity index is 2.09. The molecule has 0 aromatic heterocycles. The van der Waals surface area contributed by atoms with Crippen molar-refractivity contribution in [3.63, 3.8) is 0 Å². The molecule has 2 heterocycles. The van der Waals surface area contributed by atoms with Gasteiger partial charge in [-0.2, -0.15) is 0 Å². The molecule has 2 aliphatic heterocycles. The molecule has 2 atom stereocenters. The molecule has 0 aromatic rings. The highest BCUT2D eigenvalue weighted by atomic mass is 16.4. The number of rotatable bonds is 1. The van der Waals surface area contributed by atoms with Gasteiger partial charge in [-0.25, -0.2) is 9.59 Å². The van der Waals surface area contributed by atoms with E-state index in [1.54, 1.807) is 4.90 Å². The third kappa shape index (κ3) is 2.73. The molecule has 0 aromatic carbocycles. The number of β-amino-alcohol motifs (C(OH)–C–C–N with tert-alkyl or cyclic N) is 1. The molecule has 0 aliphatic carbocycles. The number of urea groups is 1. The first kappa shape index (κ1) is 15.1. The van der Waals surface area contributed by atoms with Crippen molar-refractivity contribution in [2.45, 2.75) is 38.0 Å². The number of carboxylic acid groups (broad SMARTS) is 1. The molecule has 2 saturated heterocycles. The summed E-state index contributed by atoms with van der Waals surface area (Å²) in [5, 5.41) is 18.8. The Labute approximate surface area is 118 Å². The lowest BCUT2D eigenvalue weighted by molar-refractivity contribution is -0.141. The maximum Gasteiger partial charge on any atom is 0.326 e. The monoisotopic (exact) mass is 285 g/mol. The quantitative estimate of drug-likeness (QED) is 0.688. The molecule has 2 fully saturated rings. The number of likely N-dealkylation sites (tertiary alicyclic amines) is 1. The van der Waals surface area contributed by atoms with Crippen LogP contribution in [0.1, 0.15) is 20.3 Å². The minimum Gasteiger partial charge on any atom is -0.480 e. The Kier molecular flexibility index (Phi) is 3.93. The second kappa shape index (κ2) is 5.21. The number of aliphatic hydroxyl groups is 1. The van der Waals surface area contributed by atoms with Gasteiger partial charge in [0.2, 0.25) is 0 Å². The molecule has 2 amide bonds. The lowest BCUT2D eigenvalue weighted by Crippen LogP contribution is -2.61. The second-order valence-electron chi connectivity index (χ2n) is 6.33. The van der Waals surface area contributed by atoms with Gasteiger partial charge in [0.1, 0.15) is 6.04 Å². The molecule has 7 heteroatoms. The molecule has 0 saturated carbocycles. The summed E-state index contributed by atoms with van der Waals surface area (Å²) in [5.74, 6) is -1.05. The summed E-state index contributed by atoms with van der Waals surface area (Å²) in [6.07, 6.45) is -0.640. The van der Waals surface area contributed by atoms with E-state index in [1.807, 2.05) is 7.05 Å². The molecule has 20 heavy (non-hydrogen) atoms. The van der Waals surface area contributed by atoms with Crippen molar-refractivity contribution in [1.29, 1.82) is 0 Å². The summed E-state index contributed by atoms with van der Waals surface area (Å²) in [4.78, 5) is 28.9. The molecule has 2 unspecified atom stereocenters. The molecule has 0 spiro atoms. The molecule has 7 nitrogen and oxygen atoms in total. The smallest absolute Gasteiger partial charge is 0.326 e. The van der Waals surface area contributed by atoms with Gasteiger partial charge in [-0.15, -0.1) is 0 Å². The van der Waals surface area contributed by atoms with Gasteiger partial charge in [-0.05, 0) is 20.9 Å². The van der Waals surface area contributed by atoms with E-state index in [1.165, 1.54) is 4.90 Å². The number of aliphatic hydroxyl groups excluding tert-OH is 1. The van der Waals surface area contributed by atoms with Crippen molar-refractivity contribution < 1.29 is 19.8 Å². The van der Waals surface area contributed by atoms with Crippen molar-refractivity contribution >= 4 is 12.0 Å². The molecule has 2 N–H and O–H groups in total. The van der Waals surface area contributed by atoms with Crippen LogP contribution in [-0.4, -0.2) is 87.8 Å². The highest BCUT2D eigenvalue weighted by molar-refractivity contribution is 5.83. The summed E-state index contributed by atoms with van der Waals surface area (Å²) in [5.41, 5.74) is -0.134. The average Bonchev–Trinajstić information content (AvgIpc) is 2.74. The van der Waals surface area contributed by atoms with Crippen molar-refractivity contribution in [2.75, 3.05) is 33.2 Å². The normalized spacial score (nSPS) is 30.6. The SMILES string of the molecule is CN1CCN(C(=O)N2CC(O)CC2C(=O)O)CC1(C)C. The number of piperazine rings is 1. The highest BCUT2D eigenvalue weighted by Gasteiger charge is 2.42. The van der Waals surface area contributed by atoms with Crippen molar-refractivity contribution in [3.05, 3.63) is 0 Å². The zero-order chi connectivity index (χ0) is 15.1. The maximum absolute atomic E-state index is 12.5. The maximum atomic E-state index is 12.5. The van der Waals surface area contributed by atoms with Crippen LogP contribution in [0.3, 0.4) is 0 Å². The Hall–Kier alpha value is -1.34. The number of amides is 2. The average molecular weight is 285 g/mol. The Morgan fingerprint density at radius 2 is 1.90 bits per heavy atom. The molecule has 114 valence electrons. The van der Waals surface area contributed by atoms with Crippen molar-refractivity contribution in [1.82, 2.24) is 14.7 Å². The molecular weight excluding hydrogens is 262 g/mol. The Bertz CT molecular complexity index is 412. The third-order valence-corrected chi connectivity index (χ3v) is 4.40. The molecule has 0 radical (unpaired) electrons. The van der Waals surface area contributed by atoms with Gasteiger partial charge in [0.05, 0.1) is 6.10 Å². The third-order valence-electron chi connectivity index (χ3n) is 4.40. The minimum atomic E-state index is -1.05. The predicted molar refractivity (Wildman–Crippen MR) is 72.4 cm³/mol. The van der Waals surface area contributed by atoms with E-state index in [2.05, 4.69) is 18.7 Å².